The van der Waals surface area contributed by atoms with Crippen LogP contribution in [0.1, 0.15) is 23.8 Å². The molecular formula is C15H18FN3O2. The molecule has 1 saturated heterocycles. The first-order chi connectivity index (χ1) is 10.2. The molecule has 2 heterocycles. The quantitative estimate of drug-likeness (QED) is 0.940. The van der Waals surface area contributed by atoms with E-state index in [-0.39, 0.29) is 17.8 Å². The van der Waals surface area contributed by atoms with Crippen LogP contribution in [0.2, 0.25) is 0 Å². The molecule has 0 bridgehead atoms. The molecule has 1 aromatic heterocycles. The van der Waals surface area contributed by atoms with Crippen LogP contribution in [0.25, 0.3) is 11.4 Å². The zero-order valence-corrected chi connectivity index (χ0v) is 12.1. The van der Waals surface area contributed by atoms with Crippen LogP contribution in [-0.4, -0.2) is 36.4 Å². The van der Waals surface area contributed by atoms with Gasteiger partial charge in [0.2, 0.25) is 11.7 Å². The van der Waals surface area contributed by atoms with Gasteiger partial charge in [0, 0.05) is 18.2 Å². The zero-order chi connectivity index (χ0) is 14.8. The van der Waals surface area contributed by atoms with E-state index in [1.807, 2.05) is 20.0 Å². The molecule has 2 unspecified atom stereocenters. The fourth-order valence-electron chi connectivity index (χ4n) is 2.70. The smallest absolute Gasteiger partial charge is 0.233 e. The van der Waals surface area contributed by atoms with Crippen LogP contribution >= 0.6 is 0 Å². The van der Waals surface area contributed by atoms with Crippen molar-refractivity contribution in [2.75, 3.05) is 20.3 Å². The minimum Gasteiger partial charge on any atom is -0.381 e. The summed E-state index contributed by atoms with van der Waals surface area (Å²) in [4.78, 5) is 4.42. The summed E-state index contributed by atoms with van der Waals surface area (Å²) in [5.74, 6) is 0.670. The maximum absolute atomic E-state index is 13.5. The molecule has 6 heteroatoms. The lowest BCUT2D eigenvalue weighted by atomic mass is 9.96. The van der Waals surface area contributed by atoms with Crippen LogP contribution in [0, 0.1) is 12.7 Å². The van der Waals surface area contributed by atoms with Crippen molar-refractivity contribution in [2.24, 2.45) is 0 Å². The summed E-state index contributed by atoms with van der Waals surface area (Å²) < 4.78 is 24.3. The second-order valence-electron chi connectivity index (χ2n) is 5.34. The van der Waals surface area contributed by atoms with Gasteiger partial charge in [0.1, 0.15) is 5.82 Å². The first kappa shape index (κ1) is 14.2. The summed E-state index contributed by atoms with van der Waals surface area (Å²) >= 11 is 0. The Kier molecular flexibility index (Phi) is 3.98. The highest BCUT2D eigenvalue weighted by molar-refractivity contribution is 5.55. The van der Waals surface area contributed by atoms with Crippen molar-refractivity contribution < 1.29 is 13.7 Å². The SMILES string of the molecule is CNC1CCOCC1c1nc(-c2cc(C)cc(F)c2)no1. The largest absolute Gasteiger partial charge is 0.381 e. The monoisotopic (exact) mass is 291 g/mol. The number of nitrogens with zero attached hydrogens (tertiary/aromatic N) is 2. The van der Waals surface area contributed by atoms with Gasteiger partial charge in [-0.05, 0) is 44.2 Å². The summed E-state index contributed by atoms with van der Waals surface area (Å²) in [5, 5.41) is 7.23. The molecule has 0 radical (unpaired) electrons. The van der Waals surface area contributed by atoms with Crippen LogP contribution in [0.15, 0.2) is 22.7 Å². The van der Waals surface area contributed by atoms with Crippen molar-refractivity contribution >= 4 is 0 Å². The second-order valence-corrected chi connectivity index (χ2v) is 5.34. The number of hydrogen-bond acceptors (Lipinski definition) is 5. The maximum atomic E-state index is 13.5. The molecule has 1 aliphatic heterocycles. The average Bonchev–Trinajstić information content (AvgIpc) is 2.96. The Bertz CT molecular complexity index is 609. The van der Waals surface area contributed by atoms with Gasteiger partial charge < -0.3 is 14.6 Å². The summed E-state index contributed by atoms with van der Waals surface area (Å²) in [6.45, 7) is 3.11. The molecule has 112 valence electrons. The predicted octanol–water partition coefficient (Wildman–Crippen LogP) is 2.28. The molecular weight excluding hydrogens is 273 g/mol. The number of rotatable bonds is 3. The van der Waals surface area contributed by atoms with E-state index in [2.05, 4.69) is 15.5 Å². The van der Waals surface area contributed by atoms with Gasteiger partial charge in [0.15, 0.2) is 0 Å². The topological polar surface area (TPSA) is 60.2 Å². The van der Waals surface area contributed by atoms with E-state index < -0.39 is 0 Å². The van der Waals surface area contributed by atoms with Crippen LogP contribution in [0.5, 0.6) is 0 Å². The lowest BCUT2D eigenvalue weighted by Gasteiger charge is -2.28. The Labute approximate surface area is 122 Å². The number of aryl methyl sites for hydroxylation is 1. The third kappa shape index (κ3) is 2.96. The molecule has 0 spiro atoms. The molecule has 3 rings (SSSR count). The lowest BCUT2D eigenvalue weighted by Crippen LogP contribution is -2.39. The molecule has 1 fully saturated rings. The average molecular weight is 291 g/mol. The van der Waals surface area contributed by atoms with Gasteiger partial charge >= 0.3 is 0 Å². The van der Waals surface area contributed by atoms with Crippen molar-refractivity contribution in [3.8, 4) is 11.4 Å². The maximum Gasteiger partial charge on any atom is 0.233 e. The first-order valence-electron chi connectivity index (χ1n) is 7.03. The van der Waals surface area contributed by atoms with Crippen molar-refractivity contribution in [1.82, 2.24) is 15.5 Å². The molecule has 0 aliphatic carbocycles. The van der Waals surface area contributed by atoms with E-state index in [1.54, 1.807) is 0 Å². The third-order valence-electron chi connectivity index (χ3n) is 3.79. The Morgan fingerprint density at radius 1 is 1.33 bits per heavy atom. The van der Waals surface area contributed by atoms with Gasteiger partial charge in [-0.15, -0.1) is 0 Å². The standard InChI is InChI=1S/C15H18FN3O2/c1-9-5-10(7-11(16)6-9)14-18-15(21-19-14)12-8-20-4-3-13(12)17-2/h5-7,12-13,17H,3-4,8H2,1-2H3. The van der Waals surface area contributed by atoms with E-state index in [9.17, 15) is 4.39 Å². The van der Waals surface area contributed by atoms with E-state index in [0.29, 0.717) is 23.9 Å². The fraction of sp³-hybridized carbons (Fsp3) is 0.467. The number of benzene rings is 1. The number of ether oxygens (including phenoxy) is 1. The van der Waals surface area contributed by atoms with Crippen molar-refractivity contribution in [2.45, 2.75) is 25.3 Å². The van der Waals surface area contributed by atoms with Gasteiger partial charge in [-0.1, -0.05) is 5.16 Å². The summed E-state index contributed by atoms with van der Waals surface area (Å²) in [5.41, 5.74) is 1.45. The highest BCUT2D eigenvalue weighted by Gasteiger charge is 2.30. The van der Waals surface area contributed by atoms with Crippen LogP contribution < -0.4 is 5.32 Å². The molecule has 0 amide bonds. The molecule has 1 aliphatic rings. The Hall–Kier alpha value is -1.79. The number of hydrogen-bond donors (Lipinski definition) is 1. The summed E-state index contributed by atoms with van der Waals surface area (Å²) in [6, 6.07) is 4.97. The van der Waals surface area contributed by atoms with E-state index in [0.717, 1.165) is 18.6 Å². The molecule has 1 N–H and O–H groups in total. The summed E-state index contributed by atoms with van der Waals surface area (Å²) in [6.07, 6.45) is 0.901. The Morgan fingerprint density at radius 3 is 2.95 bits per heavy atom. The Balaban J connectivity index is 1.88. The number of halogens is 1. The van der Waals surface area contributed by atoms with E-state index >= 15 is 0 Å². The minimum atomic E-state index is -0.301. The van der Waals surface area contributed by atoms with Crippen LogP contribution in [-0.2, 0) is 4.74 Å². The number of likely N-dealkylation sites (N-methyl/N-ethyl adjacent to an activating group) is 1. The Morgan fingerprint density at radius 2 is 2.19 bits per heavy atom. The third-order valence-corrected chi connectivity index (χ3v) is 3.79. The van der Waals surface area contributed by atoms with Gasteiger partial charge in [-0.2, -0.15) is 4.98 Å². The van der Waals surface area contributed by atoms with E-state index in [1.165, 1.54) is 12.1 Å². The van der Waals surface area contributed by atoms with Gasteiger partial charge in [0.05, 0.1) is 12.5 Å². The molecule has 5 nitrogen and oxygen atoms in total. The second kappa shape index (κ2) is 5.91. The molecule has 21 heavy (non-hydrogen) atoms. The van der Waals surface area contributed by atoms with E-state index in [4.69, 9.17) is 9.26 Å². The van der Waals surface area contributed by atoms with Gasteiger partial charge in [0.25, 0.3) is 0 Å². The fourth-order valence-corrected chi connectivity index (χ4v) is 2.70. The predicted molar refractivity (Wildman–Crippen MR) is 75.5 cm³/mol. The molecule has 2 atom stereocenters. The van der Waals surface area contributed by atoms with Crippen molar-refractivity contribution in [3.05, 3.63) is 35.5 Å². The highest BCUT2D eigenvalue weighted by Crippen LogP contribution is 2.27. The highest BCUT2D eigenvalue weighted by atomic mass is 19.1. The minimum absolute atomic E-state index is 0.0275. The lowest BCUT2D eigenvalue weighted by molar-refractivity contribution is 0.0516. The first-order valence-corrected chi connectivity index (χ1v) is 7.03. The zero-order valence-electron chi connectivity index (χ0n) is 12.1. The van der Waals surface area contributed by atoms with Crippen molar-refractivity contribution in [3.63, 3.8) is 0 Å². The summed E-state index contributed by atoms with van der Waals surface area (Å²) in [7, 11) is 1.91. The van der Waals surface area contributed by atoms with Gasteiger partial charge in [-0.25, -0.2) is 4.39 Å². The molecule has 1 aromatic carbocycles. The number of aromatic nitrogens is 2. The molecule has 2 aromatic rings. The normalized spacial score (nSPS) is 22.4. The number of nitrogens with one attached hydrogen (secondary N) is 1. The van der Waals surface area contributed by atoms with Crippen molar-refractivity contribution in [1.29, 1.82) is 0 Å². The van der Waals surface area contributed by atoms with Crippen LogP contribution in [0.4, 0.5) is 4.39 Å². The molecule has 0 saturated carbocycles. The van der Waals surface area contributed by atoms with Gasteiger partial charge in [-0.3, -0.25) is 0 Å². The van der Waals surface area contributed by atoms with Crippen LogP contribution in [0.3, 0.4) is 0 Å².